The van der Waals surface area contributed by atoms with E-state index in [1.54, 1.807) is 14.0 Å². The lowest BCUT2D eigenvalue weighted by molar-refractivity contribution is -0.127. The molecule has 0 aromatic carbocycles. The van der Waals surface area contributed by atoms with Gasteiger partial charge in [-0.1, -0.05) is 0 Å². The van der Waals surface area contributed by atoms with Crippen LogP contribution in [-0.4, -0.2) is 93.7 Å². The summed E-state index contributed by atoms with van der Waals surface area (Å²) in [6.07, 6.45) is 0. The molecule has 0 aliphatic carbocycles. The van der Waals surface area contributed by atoms with Gasteiger partial charge in [0.1, 0.15) is 0 Å². The highest BCUT2D eigenvalue weighted by atomic mass is 16.5. The van der Waals surface area contributed by atoms with Crippen molar-refractivity contribution in [3.05, 3.63) is 0 Å². The van der Waals surface area contributed by atoms with Crippen LogP contribution in [0.2, 0.25) is 0 Å². The Morgan fingerprint density at radius 2 is 1.83 bits per heavy atom. The number of piperazine rings is 1. The second-order valence-electron chi connectivity index (χ2n) is 5.40. The van der Waals surface area contributed by atoms with Gasteiger partial charge in [-0.05, 0) is 6.92 Å². The molecule has 1 heterocycles. The number of carbonyl (C=O) groups is 3. The zero-order chi connectivity index (χ0) is 17.2. The first-order valence-corrected chi connectivity index (χ1v) is 7.72. The number of urea groups is 1. The van der Waals surface area contributed by atoms with Crippen molar-refractivity contribution in [2.45, 2.75) is 13.0 Å². The maximum atomic E-state index is 11.9. The Hall–Kier alpha value is -1.71. The molecule has 0 radical (unpaired) electrons. The summed E-state index contributed by atoms with van der Waals surface area (Å²) in [6.45, 7) is 5.87. The lowest BCUT2D eigenvalue weighted by Crippen LogP contribution is -2.56. The van der Waals surface area contributed by atoms with Crippen molar-refractivity contribution >= 4 is 17.8 Å². The number of ether oxygens (including phenoxy) is 1. The van der Waals surface area contributed by atoms with Crippen LogP contribution >= 0.6 is 0 Å². The lowest BCUT2D eigenvalue weighted by Gasteiger charge is -2.36. The predicted octanol–water partition coefficient (Wildman–Crippen LogP) is -1.79. The van der Waals surface area contributed by atoms with Gasteiger partial charge in [-0.25, -0.2) is 4.79 Å². The summed E-state index contributed by atoms with van der Waals surface area (Å²) in [7, 11) is 3.05. The maximum Gasteiger partial charge on any atom is 0.321 e. The summed E-state index contributed by atoms with van der Waals surface area (Å²) in [4.78, 5) is 38.9. The van der Waals surface area contributed by atoms with Crippen molar-refractivity contribution in [1.82, 2.24) is 25.8 Å². The average Bonchev–Trinajstić information content (AvgIpc) is 2.55. The molecule has 1 unspecified atom stereocenters. The van der Waals surface area contributed by atoms with Crippen molar-refractivity contribution in [1.29, 1.82) is 0 Å². The number of nitrogens with zero attached hydrogens (tertiary/aromatic N) is 2. The predicted molar refractivity (Wildman–Crippen MR) is 85.0 cm³/mol. The third kappa shape index (κ3) is 6.93. The van der Waals surface area contributed by atoms with Crippen LogP contribution in [0.4, 0.5) is 4.79 Å². The first-order chi connectivity index (χ1) is 11.0. The van der Waals surface area contributed by atoms with Crippen LogP contribution in [0.25, 0.3) is 0 Å². The standard InChI is InChI=1S/C14H27N5O4/c1-11(13(21)17-14(22)15-2)19-7-5-18(6-8-19)10-12(20)16-4-9-23-3/h11H,4-10H2,1-3H3,(H,16,20)(H2,15,17,21,22). The molecule has 9 heteroatoms. The highest BCUT2D eigenvalue weighted by Gasteiger charge is 2.26. The molecule has 23 heavy (non-hydrogen) atoms. The number of methoxy groups -OCH3 is 1. The van der Waals surface area contributed by atoms with Crippen LogP contribution in [0, 0.1) is 0 Å². The van der Waals surface area contributed by atoms with Crippen LogP contribution in [0.3, 0.4) is 0 Å². The van der Waals surface area contributed by atoms with E-state index in [1.807, 2.05) is 9.80 Å². The summed E-state index contributed by atoms with van der Waals surface area (Å²) in [5, 5.41) is 7.41. The third-order valence-corrected chi connectivity index (χ3v) is 3.79. The fraction of sp³-hybridized carbons (Fsp3) is 0.786. The zero-order valence-corrected chi connectivity index (χ0v) is 14.1. The molecule has 0 saturated carbocycles. The minimum Gasteiger partial charge on any atom is -0.383 e. The van der Waals surface area contributed by atoms with Crippen LogP contribution in [0.5, 0.6) is 0 Å². The Morgan fingerprint density at radius 1 is 1.17 bits per heavy atom. The number of carbonyl (C=O) groups excluding carboxylic acids is 3. The van der Waals surface area contributed by atoms with E-state index in [0.717, 1.165) is 0 Å². The highest BCUT2D eigenvalue weighted by molar-refractivity contribution is 5.96. The monoisotopic (exact) mass is 329 g/mol. The zero-order valence-electron chi connectivity index (χ0n) is 14.1. The Bertz CT molecular complexity index is 410. The second-order valence-corrected chi connectivity index (χ2v) is 5.40. The average molecular weight is 329 g/mol. The van der Waals surface area contributed by atoms with Gasteiger partial charge in [0.05, 0.1) is 19.2 Å². The minimum absolute atomic E-state index is 0.0269. The van der Waals surface area contributed by atoms with E-state index in [-0.39, 0.29) is 17.9 Å². The summed E-state index contributed by atoms with van der Waals surface area (Å²) in [5.74, 6) is -0.351. The summed E-state index contributed by atoms with van der Waals surface area (Å²) in [6, 6.07) is -0.891. The summed E-state index contributed by atoms with van der Waals surface area (Å²) in [5.41, 5.74) is 0. The molecule has 1 rings (SSSR count). The topological polar surface area (TPSA) is 103 Å². The molecule has 0 spiro atoms. The van der Waals surface area contributed by atoms with Gasteiger partial charge in [-0.3, -0.25) is 24.7 Å². The summed E-state index contributed by atoms with van der Waals surface area (Å²) < 4.78 is 4.88. The van der Waals surface area contributed by atoms with Gasteiger partial charge in [0, 0.05) is 46.9 Å². The van der Waals surface area contributed by atoms with E-state index in [4.69, 9.17) is 4.74 Å². The van der Waals surface area contributed by atoms with Crippen molar-refractivity contribution in [3.63, 3.8) is 0 Å². The number of rotatable bonds is 7. The van der Waals surface area contributed by atoms with E-state index in [2.05, 4.69) is 16.0 Å². The molecule has 1 fully saturated rings. The molecular formula is C14H27N5O4. The van der Waals surface area contributed by atoms with Gasteiger partial charge in [0.15, 0.2) is 0 Å². The molecule has 0 aromatic rings. The van der Waals surface area contributed by atoms with Crippen molar-refractivity contribution in [2.24, 2.45) is 0 Å². The molecule has 132 valence electrons. The molecule has 1 saturated heterocycles. The maximum absolute atomic E-state index is 11.9. The molecule has 9 nitrogen and oxygen atoms in total. The van der Waals surface area contributed by atoms with Gasteiger partial charge in [-0.15, -0.1) is 0 Å². The second kappa shape index (κ2) is 10.1. The first kappa shape index (κ1) is 19.3. The minimum atomic E-state index is -0.506. The SMILES string of the molecule is CNC(=O)NC(=O)C(C)N1CCN(CC(=O)NCCOC)CC1. The van der Waals surface area contributed by atoms with Crippen molar-refractivity contribution < 1.29 is 19.1 Å². The molecule has 4 amide bonds. The number of imide groups is 1. The van der Waals surface area contributed by atoms with Gasteiger partial charge in [0.25, 0.3) is 0 Å². The summed E-state index contributed by atoms with van der Waals surface area (Å²) >= 11 is 0. The smallest absolute Gasteiger partial charge is 0.321 e. The van der Waals surface area contributed by atoms with E-state index < -0.39 is 6.03 Å². The van der Waals surface area contributed by atoms with Crippen LogP contribution in [0.1, 0.15) is 6.92 Å². The van der Waals surface area contributed by atoms with Gasteiger partial charge in [0.2, 0.25) is 11.8 Å². The van der Waals surface area contributed by atoms with Crippen LogP contribution in [0.15, 0.2) is 0 Å². The number of hydrogen-bond donors (Lipinski definition) is 3. The Balaban J connectivity index is 2.30. The Labute approximate surface area is 136 Å². The molecule has 1 aliphatic heterocycles. The fourth-order valence-electron chi connectivity index (χ4n) is 2.30. The largest absolute Gasteiger partial charge is 0.383 e. The van der Waals surface area contributed by atoms with Gasteiger partial charge < -0.3 is 15.4 Å². The van der Waals surface area contributed by atoms with Gasteiger partial charge >= 0.3 is 6.03 Å². The Kier molecular flexibility index (Phi) is 8.52. The molecule has 1 aliphatic rings. The van der Waals surface area contributed by atoms with Gasteiger partial charge in [-0.2, -0.15) is 0 Å². The normalized spacial score (nSPS) is 17.3. The van der Waals surface area contributed by atoms with E-state index >= 15 is 0 Å². The van der Waals surface area contributed by atoms with E-state index in [1.165, 1.54) is 7.05 Å². The third-order valence-electron chi connectivity index (χ3n) is 3.79. The number of hydrogen-bond acceptors (Lipinski definition) is 6. The van der Waals surface area contributed by atoms with Crippen LogP contribution < -0.4 is 16.0 Å². The number of nitrogens with one attached hydrogen (secondary N) is 3. The van der Waals surface area contributed by atoms with Crippen molar-refractivity contribution in [3.8, 4) is 0 Å². The quantitative estimate of drug-likeness (QED) is 0.477. The van der Waals surface area contributed by atoms with Crippen molar-refractivity contribution in [2.75, 3.05) is 60.0 Å². The number of amides is 4. The van der Waals surface area contributed by atoms with E-state index in [0.29, 0.717) is 45.9 Å². The molecular weight excluding hydrogens is 302 g/mol. The fourth-order valence-corrected chi connectivity index (χ4v) is 2.30. The molecule has 0 bridgehead atoms. The molecule has 0 aromatic heterocycles. The molecule has 3 N–H and O–H groups in total. The van der Waals surface area contributed by atoms with Crippen LogP contribution in [-0.2, 0) is 14.3 Å². The molecule has 1 atom stereocenters. The highest BCUT2D eigenvalue weighted by Crippen LogP contribution is 2.06. The lowest BCUT2D eigenvalue weighted by atomic mass is 10.2. The van der Waals surface area contributed by atoms with E-state index in [9.17, 15) is 14.4 Å². The first-order valence-electron chi connectivity index (χ1n) is 7.72. The Morgan fingerprint density at radius 3 is 2.39 bits per heavy atom.